The van der Waals surface area contributed by atoms with Gasteiger partial charge >= 0.3 is 6.03 Å². The first-order valence-corrected chi connectivity index (χ1v) is 8.11. The Morgan fingerprint density at radius 2 is 1.95 bits per heavy atom. The molecule has 20 heavy (non-hydrogen) atoms. The quantitative estimate of drug-likeness (QED) is 0.847. The molecule has 0 radical (unpaired) electrons. The van der Waals surface area contributed by atoms with Crippen LogP contribution in [0.2, 0.25) is 0 Å². The topological polar surface area (TPSA) is 52.6 Å². The number of amides is 2. The van der Waals surface area contributed by atoms with Crippen LogP contribution in [0.3, 0.4) is 0 Å². The molecule has 112 valence electrons. The zero-order valence-corrected chi connectivity index (χ0v) is 13.5. The van der Waals surface area contributed by atoms with Gasteiger partial charge in [-0.2, -0.15) is 11.8 Å². The largest absolute Gasteiger partial charge is 0.389 e. The fraction of sp³-hybridized carbons (Fsp3) is 0.533. The van der Waals surface area contributed by atoms with E-state index < -0.39 is 5.60 Å². The monoisotopic (exact) mass is 296 g/mol. The van der Waals surface area contributed by atoms with Crippen molar-refractivity contribution in [3.8, 4) is 0 Å². The molecule has 5 heteroatoms. The lowest BCUT2D eigenvalue weighted by atomic mass is 10.1. The minimum atomic E-state index is -0.893. The number of nitrogens with one attached hydrogen (secondary N) is 1. The lowest BCUT2D eigenvalue weighted by Gasteiger charge is -2.28. The number of anilines is 1. The van der Waals surface area contributed by atoms with Gasteiger partial charge in [-0.05, 0) is 44.7 Å². The summed E-state index contributed by atoms with van der Waals surface area (Å²) in [6.45, 7) is 6.15. The number of benzene rings is 1. The molecule has 4 nitrogen and oxygen atoms in total. The molecule has 0 spiro atoms. The van der Waals surface area contributed by atoms with Gasteiger partial charge in [-0.25, -0.2) is 4.79 Å². The Morgan fingerprint density at radius 3 is 2.40 bits per heavy atom. The number of likely N-dealkylation sites (N-methyl/N-ethyl adjacent to an activating group) is 1. The van der Waals surface area contributed by atoms with E-state index in [1.54, 1.807) is 30.5 Å². The highest BCUT2D eigenvalue weighted by atomic mass is 32.2. The van der Waals surface area contributed by atoms with Crippen molar-refractivity contribution in [3.63, 3.8) is 0 Å². The molecule has 0 unspecified atom stereocenters. The highest BCUT2D eigenvalue weighted by Gasteiger charge is 2.21. The molecule has 0 aromatic heterocycles. The van der Waals surface area contributed by atoms with Crippen LogP contribution in [-0.2, 0) is 5.75 Å². The summed E-state index contributed by atoms with van der Waals surface area (Å²) >= 11 is 1.77. The van der Waals surface area contributed by atoms with Gasteiger partial charge in [-0.3, -0.25) is 0 Å². The first kappa shape index (κ1) is 16.9. The lowest BCUT2D eigenvalue weighted by Crippen LogP contribution is -2.44. The Kier molecular flexibility index (Phi) is 6.36. The van der Waals surface area contributed by atoms with Crippen LogP contribution in [0.15, 0.2) is 24.3 Å². The van der Waals surface area contributed by atoms with Gasteiger partial charge in [-0.1, -0.05) is 12.1 Å². The Bertz CT molecular complexity index is 426. The van der Waals surface area contributed by atoms with Crippen molar-refractivity contribution in [2.24, 2.45) is 0 Å². The number of carbonyl (C=O) groups is 1. The van der Waals surface area contributed by atoms with Gasteiger partial charge in [0.05, 0.1) is 12.1 Å². The summed E-state index contributed by atoms with van der Waals surface area (Å²) in [5.41, 5.74) is 1.11. The first-order valence-electron chi connectivity index (χ1n) is 6.72. The standard InChI is InChI=1S/C15H24N2O2S/c1-5-17(11-15(2,3)19)14(18)16-13-8-6-12(7-9-13)10-20-4/h6-9,19H,5,10-11H2,1-4H3,(H,16,18). The number of aliphatic hydroxyl groups is 1. The average molecular weight is 296 g/mol. The maximum atomic E-state index is 12.1. The highest BCUT2D eigenvalue weighted by Crippen LogP contribution is 2.14. The van der Waals surface area contributed by atoms with Gasteiger partial charge in [-0.15, -0.1) is 0 Å². The van der Waals surface area contributed by atoms with Crippen LogP contribution < -0.4 is 5.32 Å². The number of nitrogens with zero attached hydrogens (tertiary/aromatic N) is 1. The third kappa shape index (κ3) is 5.84. The van der Waals surface area contributed by atoms with E-state index in [2.05, 4.69) is 11.6 Å². The minimum absolute atomic E-state index is 0.188. The molecular formula is C15H24N2O2S. The van der Waals surface area contributed by atoms with Crippen molar-refractivity contribution in [2.75, 3.05) is 24.7 Å². The molecule has 0 aliphatic carbocycles. The third-order valence-electron chi connectivity index (χ3n) is 2.76. The molecule has 1 aromatic carbocycles. The van der Waals surface area contributed by atoms with Gasteiger partial charge in [0.15, 0.2) is 0 Å². The van der Waals surface area contributed by atoms with Crippen molar-refractivity contribution < 1.29 is 9.90 Å². The second-order valence-electron chi connectivity index (χ2n) is 5.39. The van der Waals surface area contributed by atoms with Crippen molar-refractivity contribution in [1.82, 2.24) is 4.90 Å². The first-order chi connectivity index (χ1) is 9.35. The molecular weight excluding hydrogens is 272 g/mol. The molecule has 1 aromatic rings. The summed E-state index contributed by atoms with van der Waals surface area (Å²) in [5, 5.41) is 12.7. The molecule has 2 N–H and O–H groups in total. The molecule has 0 atom stereocenters. The van der Waals surface area contributed by atoms with E-state index in [4.69, 9.17) is 0 Å². The Hall–Kier alpha value is -1.20. The molecule has 2 amide bonds. The summed E-state index contributed by atoms with van der Waals surface area (Å²) in [4.78, 5) is 13.7. The number of thioether (sulfide) groups is 1. The lowest BCUT2D eigenvalue weighted by molar-refractivity contribution is 0.0501. The SMILES string of the molecule is CCN(CC(C)(C)O)C(=O)Nc1ccc(CSC)cc1. The van der Waals surface area contributed by atoms with Crippen LogP contribution in [0.25, 0.3) is 0 Å². The minimum Gasteiger partial charge on any atom is -0.389 e. The maximum absolute atomic E-state index is 12.1. The molecule has 0 aliphatic rings. The van der Waals surface area contributed by atoms with E-state index in [0.29, 0.717) is 13.1 Å². The number of rotatable bonds is 6. The Morgan fingerprint density at radius 1 is 1.35 bits per heavy atom. The molecule has 0 aliphatic heterocycles. The van der Waals surface area contributed by atoms with Crippen molar-refractivity contribution in [1.29, 1.82) is 0 Å². The number of hydrogen-bond donors (Lipinski definition) is 2. The van der Waals surface area contributed by atoms with Crippen LogP contribution >= 0.6 is 11.8 Å². The summed E-state index contributed by atoms with van der Waals surface area (Å²) in [6.07, 6.45) is 2.06. The summed E-state index contributed by atoms with van der Waals surface area (Å²) in [7, 11) is 0. The van der Waals surface area contributed by atoms with Crippen molar-refractivity contribution >= 4 is 23.5 Å². The zero-order valence-electron chi connectivity index (χ0n) is 12.6. The molecule has 1 rings (SSSR count). The van der Waals surface area contributed by atoms with E-state index in [-0.39, 0.29) is 6.03 Å². The second-order valence-corrected chi connectivity index (χ2v) is 6.25. The van der Waals surface area contributed by atoms with Crippen LogP contribution in [0, 0.1) is 0 Å². The normalized spacial score (nSPS) is 11.2. The van der Waals surface area contributed by atoms with Crippen LogP contribution in [0.4, 0.5) is 10.5 Å². The molecule has 0 saturated carbocycles. The highest BCUT2D eigenvalue weighted by molar-refractivity contribution is 7.97. The van der Waals surface area contributed by atoms with Gasteiger partial charge in [0, 0.05) is 18.0 Å². The second kappa shape index (κ2) is 7.55. The van der Waals surface area contributed by atoms with Gasteiger partial charge in [0.1, 0.15) is 0 Å². The fourth-order valence-electron chi connectivity index (χ4n) is 1.85. The summed E-state index contributed by atoms with van der Waals surface area (Å²) < 4.78 is 0. The number of urea groups is 1. The van der Waals surface area contributed by atoms with E-state index in [0.717, 1.165) is 11.4 Å². The van der Waals surface area contributed by atoms with Gasteiger partial charge < -0.3 is 15.3 Å². The van der Waals surface area contributed by atoms with Gasteiger partial charge in [0.2, 0.25) is 0 Å². The Labute approximate surface area is 125 Å². The molecule has 0 fully saturated rings. The van der Waals surface area contributed by atoms with E-state index in [1.165, 1.54) is 5.56 Å². The fourth-order valence-corrected chi connectivity index (χ4v) is 2.37. The smallest absolute Gasteiger partial charge is 0.321 e. The predicted molar refractivity (Wildman–Crippen MR) is 86.2 cm³/mol. The average Bonchev–Trinajstić information content (AvgIpc) is 2.37. The van der Waals surface area contributed by atoms with Crippen LogP contribution in [-0.4, -0.2) is 41.0 Å². The predicted octanol–water partition coefficient (Wildman–Crippen LogP) is 3.17. The van der Waals surface area contributed by atoms with E-state index in [9.17, 15) is 9.90 Å². The van der Waals surface area contributed by atoms with Crippen LogP contribution in [0.1, 0.15) is 26.3 Å². The Balaban J connectivity index is 2.64. The molecule has 0 heterocycles. The van der Waals surface area contributed by atoms with Crippen LogP contribution in [0.5, 0.6) is 0 Å². The number of hydrogen-bond acceptors (Lipinski definition) is 3. The van der Waals surface area contributed by atoms with Crippen molar-refractivity contribution in [2.45, 2.75) is 32.1 Å². The number of carbonyl (C=O) groups excluding carboxylic acids is 1. The van der Waals surface area contributed by atoms with Gasteiger partial charge in [0.25, 0.3) is 0 Å². The van der Waals surface area contributed by atoms with Crippen molar-refractivity contribution in [3.05, 3.63) is 29.8 Å². The molecule has 0 bridgehead atoms. The van der Waals surface area contributed by atoms with E-state index >= 15 is 0 Å². The van der Waals surface area contributed by atoms with E-state index in [1.807, 2.05) is 31.2 Å². The molecule has 0 saturated heterocycles. The third-order valence-corrected chi connectivity index (χ3v) is 3.38. The summed E-state index contributed by atoms with van der Waals surface area (Å²) in [6, 6.07) is 7.65. The zero-order chi connectivity index (χ0) is 15.2. The maximum Gasteiger partial charge on any atom is 0.321 e. The summed E-state index contributed by atoms with van der Waals surface area (Å²) in [5.74, 6) is 0.966.